The summed E-state index contributed by atoms with van der Waals surface area (Å²) in [4.78, 5) is 0. The molecule has 0 radical (unpaired) electrons. The van der Waals surface area contributed by atoms with Crippen LogP contribution < -0.4 is 0 Å². The summed E-state index contributed by atoms with van der Waals surface area (Å²) in [5.74, 6) is 0. The van der Waals surface area contributed by atoms with Crippen LogP contribution in [0.4, 0.5) is 0 Å². The van der Waals surface area contributed by atoms with Crippen LogP contribution in [-0.2, 0) is 0 Å². The lowest BCUT2D eigenvalue weighted by Crippen LogP contribution is -1.96. The molecule has 12 rings (SSSR count). The van der Waals surface area contributed by atoms with Crippen molar-refractivity contribution in [2.75, 3.05) is 0 Å². The second-order valence-corrected chi connectivity index (χ2v) is 13.7. The minimum absolute atomic E-state index is 0.916. The Bertz CT molecular complexity index is 3410. The number of para-hydroxylation sites is 5. The fourth-order valence-corrected chi connectivity index (χ4v) is 8.85. The number of fused-ring (bicyclic) bond motifs is 13. The lowest BCUT2D eigenvalue weighted by atomic mass is 10.1. The number of furan rings is 1. The zero-order valence-electron chi connectivity index (χ0n) is 28.0. The molecule has 4 heterocycles. The van der Waals surface area contributed by atoms with Gasteiger partial charge in [-0.2, -0.15) is 0 Å². The predicted octanol–water partition coefficient (Wildman–Crippen LogP) is 12.9. The smallest absolute Gasteiger partial charge is 0.145 e. The third-order valence-electron chi connectivity index (χ3n) is 11.0. The van der Waals surface area contributed by atoms with Gasteiger partial charge in [-0.05, 0) is 84.9 Å². The van der Waals surface area contributed by atoms with E-state index in [4.69, 9.17) is 4.42 Å². The summed E-state index contributed by atoms with van der Waals surface area (Å²) < 4.78 is 13.8. The highest BCUT2D eigenvalue weighted by atomic mass is 16.3. The summed E-state index contributed by atoms with van der Waals surface area (Å²) in [5, 5.41) is 9.56. The Hall–Kier alpha value is -7.04. The SMILES string of the molecule is c1ccc(-n2c3ccccc3c3cc(-n4c5ccccc5c5cc(-n6c7ccccc7c7c8oc9ccccc9c8ccc76)ccc54)ccc32)cc1. The standard InChI is InChI=1S/C48H29N3O/c1-2-12-30(13-3-1)49-40-18-8-4-14-33(40)38-28-31(22-25-43(38)49)50-41-19-9-5-15-34(41)39-29-32(23-26-44(39)50)51-42-20-10-6-17-37(42)47-45(51)27-24-36-35-16-7-11-21-46(35)52-48(36)47/h1-29H. The fraction of sp³-hybridized carbons (Fsp3) is 0. The van der Waals surface area contributed by atoms with Gasteiger partial charge in [-0.15, -0.1) is 0 Å². The van der Waals surface area contributed by atoms with Crippen LogP contribution in [0.5, 0.6) is 0 Å². The number of aromatic nitrogens is 3. The molecule has 52 heavy (non-hydrogen) atoms. The number of hydrogen-bond donors (Lipinski definition) is 0. The summed E-state index contributed by atoms with van der Waals surface area (Å²) in [6.07, 6.45) is 0. The van der Waals surface area contributed by atoms with E-state index in [1.165, 1.54) is 49.0 Å². The minimum atomic E-state index is 0.916. The number of benzene rings is 8. The highest BCUT2D eigenvalue weighted by Gasteiger charge is 2.21. The lowest BCUT2D eigenvalue weighted by Gasteiger charge is -2.11. The van der Waals surface area contributed by atoms with Crippen LogP contribution in [0.25, 0.3) is 104 Å². The van der Waals surface area contributed by atoms with Crippen molar-refractivity contribution in [3.8, 4) is 17.1 Å². The van der Waals surface area contributed by atoms with Crippen LogP contribution >= 0.6 is 0 Å². The van der Waals surface area contributed by atoms with E-state index in [0.717, 1.165) is 55.4 Å². The molecule has 0 unspecified atom stereocenters. The van der Waals surface area contributed by atoms with Gasteiger partial charge < -0.3 is 18.1 Å². The lowest BCUT2D eigenvalue weighted by molar-refractivity contribution is 0.673. The van der Waals surface area contributed by atoms with Crippen LogP contribution in [0.3, 0.4) is 0 Å². The molecule has 12 aromatic rings. The summed E-state index contributed by atoms with van der Waals surface area (Å²) in [5.41, 5.74) is 12.4. The molecule has 4 nitrogen and oxygen atoms in total. The fourth-order valence-electron chi connectivity index (χ4n) is 8.85. The molecule has 0 saturated carbocycles. The third kappa shape index (κ3) is 3.65. The summed E-state index contributed by atoms with van der Waals surface area (Å²) in [6.45, 7) is 0. The molecular formula is C48H29N3O. The molecule has 0 aliphatic heterocycles. The van der Waals surface area contributed by atoms with Gasteiger partial charge in [0.1, 0.15) is 11.2 Å². The molecule has 4 aromatic heterocycles. The molecule has 0 atom stereocenters. The van der Waals surface area contributed by atoms with Crippen LogP contribution in [0.2, 0.25) is 0 Å². The average molecular weight is 664 g/mol. The molecule has 8 aromatic carbocycles. The van der Waals surface area contributed by atoms with Crippen molar-refractivity contribution in [1.82, 2.24) is 13.7 Å². The highest BCUT2D eigenvalue weighted by molar-refractivity contribution is 6.24. The van der Waals surface area contributed by atoms with Crippen LogP contribution in [0.1, 0.15) is 0 Å². The average Bonchev–Trinajstić information content (AvgIpc) is 3.94. The molecular weight excluding hydrogens is 635 g/mol. The molecule has 0 spiro atoms. The Labute approximate surface area is 297 Å². The zero-order chi connectivity index (χ0) is 33.9. The van der Waals surface area contributed by atoms with E-state index in [1.807, 2.05) is 6.07 Å². The van der Waals surface area contributed by atoms with Crippen LogP contribution in [0, 0.1) is 0 Å². The van der Waals surface area contributed by atoms with Crippen molar-refractivity contribution in [2.24, 2.45) is 0 Å². The van der Waals surface area contributed by atoms with Crippen molar-refractivity contribution < 1.29 is 4.42 Å². The largest absolute Gasteiger partial charge is 0.455 e. The first-order valence-corrected chi connectivity index (χ1v) is 17.8. The van der Waals surface area contributed by atoms with E-state index in [1.54, 1.807) is 0 Å². The van der Waals surface area contributed by atoms with Gasteiger partial charge in [0.05, 0.1) is 38.5 Å². The second kappa shape index (κ2) is 10.3. The summed E-state index contributed by atoms with van der Waals surface area (Å²) in [6, 6.07) is 63.5. The van der Waals surface area contributed by atoms with E-state index in [9.17, 15) is 0 Å². The Kier molecular flexibility index (Phi) is 5.47. The Morgan fingerprint density at radius 2 is 0.750 bits per heavy atom. The Morgan fingerprint density at radius 3 is 1.40 bits per heavy atom. The van der Waals surface area contributed by atoms with E-state index < -0.39 is 0 Å². The van der Waals surface area contributed by atoms with Gasteiger partial charge in [0.2, 0.25) is 0 Å². The molecule has 0 aliphatic carbocycles. The summed E-state index contributed by atoms with van der Waals surface area (Å²) in [7, 11) is 0. The van der Waals surface area contributed by atoms with Crippen molar-refractivity contribution in [1.29, 1.82) is 0 Å². The molecule has 242 valence electrons. The van der Waals surface area contributed by atoms with Crippen molar-refractivity contribution in [3.05, 3.63) is 176 Å². The third-order valence-corrected chi connectivity index (χ3v) is 11.0. The quantitative estimate of drug-likeness (QED) is 0.185. The van der Waals surface area contributed by atoms with Crippen molar-refractivity contribution in [2.45, 2.75) is 0 Å². The first-order chi connectivity index (χ1) is 25.8. The van der Waals surface area contributed by atoms with Crippen molar-refractivity contribution >= 4 is 87.4 Å². The molecule has 0 saturated heterocycles. The molecule has 0 bridgehead atoms. The van der Waals surface area contributed by atoms with E-state index in [-0.39, 0.29) is 0 Å². The maximum atomic E-state index is 6.57. The van der Waals surface area contributed by atoms with Gasteiger partial charge in [-0.25, -0.2) is 0 Å². The maximum Gasteiger partial charge on any atom is 0.145 e. The monoisotopic (exact) mass is 663 g/mol. The Balaban J connectivity index is 1.11. The Morgan fingerprint density at radius 1 is 0.288 bits per heavy atom. The van der Waals surface area contributed by atoms with Crippen LogP contribution in [-0.4, -0.2) is 13.7 Å². The topological polar surface area (TPSA) is 27.9 Å². The second-order valence-electron chi connectivity index (χ2n) is 13.7. The molecule has 0 aliphatic rings. The van der Waals surface area contributed by atoms with Gasteiger partial charge in [-0.3, -0.25) is 0 Å². The van der Waals surface area contributed by atoms with Gasteiger partial charge >= 0.3 is 0 Å². The normalized spacial score (nSPS) is 12.2. The van der Waals surface area contributed by atoms with Gasteiger partial charge in [0.15, 0.2) is 0 Å². The molecule has 0 N–H and O–H groups in total. The number of rotatable bonds is 3. The highest BCUT2D eigenvalue weighted by Crippen LogP contribution is 2.42. The van der Waals surface area contributed by atoms with E-state index >= 15 is 0 Å². The first-order valence-electron chi connectivity index (χ1n) is 17.8. The van der Waals surface area contributed by atoms with Crippen molar-refractivity contribution in [3.63, 3.8) is 0 Å². The number of hydrogen-bond acceptors (Lipinski definition) is 1. The summed E-state index contributed by atoms with van der Waals surface area (Å²) >= 11 is 0. The van der Waals surface area contributed by atoms with Gasteiger partial charge in [0.25, 0.3) is 0 Å². The number of nitrogens with zero attached hydrogens (tertiary/aromatic N) is 3. The van der Waals surface area contributed by atoms with Gasteiger partial charge in [0, 0.05) is 54.8 Å². The molecule has 4 heteroatoms. The van der Waals surface area contributed by atoms with Crippen LogP contribution in [0.15, 0.2) is 180 Å². The minimum Gasteiger partial charge on any atom is -0.455 e. The molecule has 0 fully saturated rings. The first kappa shape index (κ1) is 27.7. The van der Waals surface area contributed by atoms with E-state index in [2.05, 4.69) is 184 Å². The maximum absolute atomic E-state index is 6.57. The van der Waals surface area contributed by atoms with E-state index in [0.29, 0.717) is 0 Å². The molecule has 0 amide bonds. The van der Waals surface area contributed by atoms with Gasteiger partial charge in [-0.1, -0.05) is 91.0 Å². The predicted molar refractivity (Wildman–Crippen MR) is 217 cm³/mol. The zero-order valence-corrected chi connectivity index (χ0v) is 28.0.